The van der Waals surface area contributed by atoms with Gasteiger partial charge in [-0.15, -0.1) is 0 Å². The maximum Gasteiger partial charge on any atom is 0.416 e. The maximum atomic E-state index is 13.0. The molecule has 3 aromatic rings. The third kappa shape index (κ3) is 4.00. The summed E-state index contributed by atoms with van der Waals surface area (Å²) in [4.78, 5) is 18.3. The topological polar surface area (TPSA) is 68.5 Å². The fourth-order valence-electron chi connectivity index (χ4n) is 3.46. The monoisotopic (exact) mass is 417 g/mol. The predicted molar refractivity (Wildman–Crippen MR) is 100 cm³/mol. The molecule has 9 heteroatoms. The van der Waals surface area contributed by atoms with Gasteiger partial charge in [-0.05, 0) is 48.4 Å². The summed E-state index contributed by atoms with van der Waals surface area (Å²) in [5.74, 6) is 1.15. The van der Waals surface area contributed by atoms with Crippen molar-refractivity contribution < 1.29 is 27.2 Å². The third-order valence-corrected chi connectivity index (χ3v) is 5.01. The van der Waals surface area contributed by atoms with E-state index in [0.717, 1.165) is 17.7 Å². The van der Waals surface area contributed by atoms with E-state index in [1.54, 1.807) is 37.4 Å². The van der Waals surface area contributed by atoms with Crippen LogP contribution in [0, 0.1) is 0 Å². The van der Waals surface area contributed by atoms with Crippen molar-refractivity contribution in [2.75, 3.05) is 7.11 Å². The molecule has 1 saturated heterocycles. The quantitative estimate of drug-likeness (QED) is 0.606. The van der Waals surface area contributed by atoms with E-state index in [0.29, 0.717) is 23.6 Å². The van der Waals surface area contributed by atoms with Crippen molar-refractivity contribution in [3.63, 3.8) is 0 Å². The van der Waals surface area contributed by atoms with E-state index in [1.165, 1.54) is 11.0 Å². The second-order valence-electron chi connectivity index (χ2n) is 6.96. The normalized spacial score (nSPS) is 16.9. The maximum absolute atomic E-state index is 13.0. The van der Waals surface area contributed by atoms with E-state index >= 15 is 0 Å². The van der Waals surface area contributed by atoms with Gasteiger partial charge in [0.2, 0.25) is 17.6 Å². The molecule has 1 unspecified atom stereocenters. The summed E-state index contributed by atoms with van der Waals surface area (Å²) >= 11 is 0. The average molecular weight is 417 g/mol. The van der Waals surface area contributed by atoms with Crippen molar-refractivity contribution in [1.29, 1.82) is 0 Å². The molecule has 1 aliphatic rings. The van der Waals surface area contributed by atoms with E-state index in [4.69, 9.17) is 9.26 Å². The number of hydrogen-bond acceptors (Lipinski definition) is 5. The second kappa shape index (κ2) is 7.81. The highest BCUT2D eigenvalue weighted by molar-refractivity contribution is 5.78. The number of likely N-dealkylation sites (tertiary alicyclic amines) is 1. The molecule has 0 aliphatic carbocycles. The number of ether oxygens (including phenoxy) is 1. The Labute approximate surface area is 170 Å². The predicted octanol–water partition coefficient (Wildman–Crippen LogP) is 4.63. The summed E-state index contributed by atoms with van der Waals surface area (Å²) in [6, 6.07) is 11.6. The van der Waals surface area contributed by atoms with Crippen molar-refractivity contribution in [3.05, 3.63) is 65.5 Å². The third-order valence-electron chi connectivity index (χ3n) is 5.01. The molecular formula is C21H18F3N3O3. The molecule has 4 rings (SSSR count). The van der Waals surface area contributed by atoms with E-state index in [2.05, 4.69) is 10.1 Å². The molecule has 1 aliphatic heterocycles. The van der Waals surface area contributed by atoms with Gasteiger partial charge >= 0.3 is 6.18 Å². The number of benzene rings is 2. The number of methoxy groups -OCH3 is 1. The number of hydrogen-bond donors (Lipinski definition) is 0. The van der Waals surface area contributed by atoms with Crippen molar-refractivity contribution in [2.24, 2.45) is 0 Å². The lowest BCUT2D eigenvalue weighted by molar-refractivity contribution is -0.137. The zero-order chi connectivity index (χ0) is 21.3. The number of amides is 1. The van der Waals surface area contributed by atoms with Gasteiger partial charge in [-0.25, -0.2) is 0 Å². The van der Waals surface area contributed by atoms with Crippen LogP contribution in [0.25, 0.3) is 11.4 Å². The Bertz CT molecular complexity index is 1050. The molecule has 156 valence electrons. The zero-order valence-corrected chi connectivity index (χ0v) is 16.0. The molecule has 1 fully saturated rings. The summed E-state index contributed by atoms with van der Waals surface area (Å²) in [5, 5.41) is 3.99. The lowest BCUT2D eigenvalue weighted by Crippen LogP contribution is -2.27. The summed E-state index contributed by atoms with van der Waals surface area (Å²) < 4.78 is 49.5. The Hall–Kier alpha value is -3.36. The lowest BCUT2D eigenvalue weighted by atomic mass is 10.1. The Morgan fingerprint density at radius 3 is 2.67 bits per heavy atom. The Balaban J connectivity index is 1.56. The summed E-state index contributed by atoms with van der Waals surface area (Å²) in [7, 11) is 1.57. The van der Waals surface area contributed by atoms with Crippen LogP contribution >= 0.6 is 0 Å². The molecule has 30 heavy (non-hydrogen) atoms. The van der Waals surface area contributed by atoms with Crippen LogP contribution < -0.4 is 4.74 Å². The highest BCUT2D eigenvalue weighted by Crippen LogP contribution is 2.35. The number of alkyl halides is 3. The van der Waals surface area contributed by atoms with E-state index in [-0.39, 0.29) is 24.8 Å². The molecule has 0 radical (unpaired) electrons. The van der Waals surface area contributed by atoms with E-state index in [9.17, 15) is 18.0 Å². The molecular weight excluding hydrogens is 399 g/mol. The Morgan fingerprint density at radius 1 is 1.20 bits per heavy atom. The van der Waals surface area contributed by atoms with Gasteiger partial charge in [0.25, 0.3) is 0 Å². The molecule has 2 heterocycles. The van der Waals surface area contributed by atoms with Crippen LogP contribution in [0.1, 0.15) is 35.9 Å². The first kappa shape index (κ1) is 19.9. The van der Waals surface area contributed by atoms with E-state index < -0.39 is 17.8 Å². The summed E-state index contributed by atoms with van der Waals surface area (Å²) in [5.41, 5.74) is 0.363. The van der Waals surface area contributed by atoms with Gasteiger partial charge in [0.05, 0.1) is 12.7 Å². The van der Waals surface area contributed by atoms with Crippen molar-refractivity contribution in [1.82, 2.24) is 15.0 Å². The molecule has 0 spiro atoms. The minimum Gasteiger partial charge on any atom is -0.497 e. The van der Waals surface area contributed by atoms with Gasteiger partial charge in [0.1, 0.15) is 11.8 Å². The fourth-order valence-corrected chi connectivity index (χ4v) is 3.46. The average Bonchev–Trinajstić information content (AvgIpc) is 3.35. The minimum absolute atomic E-state index is 0.0354. The Morgan fingerprint density at radius 2 is 1.97 bits per heavy atom. The largest absolute Gasteiger partial charge is 0.497 e. The van der Waals surface area contributed by atoms with Gasteiger partial charge < -0.3 is 14.2 Å². The fraction of sp³-hybridized carbons (Fsp3) is 0.286. The van der Waals surface area contributed by atoms with Gasteiger partial charge in [-0.2, -0.15) is 18.2 Å². The zero-order valence-electron chi connectivity index (χ0n) is 16.0. The number of aromatic nitrogens is 2. The first-order valence-electron chi connectivity index (χ1n) is 9.29. The number of halogens is 3. The number of carbonyl (C=O) groups excluding carboxylic acids is 1. The molecule has 0 bridgehead atoms. The molecule has 6 nitrogen and oxygen atoms in total. The first-order valence-corrected chi connectivity index (χ1v) is 9.29. The molecule has 0 N–H and O–H groups in total. The van der Waals surface area contributed by atoms with Crippen molar-refractivity contribution >= 4 is 5.91 Å². The van der Waals surface area contributed by atoms with Crippen LogP contribution in [0.15, 0.2) is 53.1 Å². The van der Waals surface area contributed by atoms with Crippen LogP contribution in [0.2, 0.25) is 0 Å². The van der Waals surface area contributed by atoms with Gasteiger partial charge in [-0.1, -0.05) is 17.3 Å². The van der Waals surface area contributed by atoms with Crippen LogP contribution in [0.4, 0.5) is 13.2 Å². The van der Waals surface area contributed by atoms with Gasteiger partial charge in [-0.3, -0.25) is 4.79 Å². The Kier molecular flexibility index (Phi) is 5.19. The van der Waals surface area contributed by atoms with Crippen LogP contribution in [-0.2, 0) is 17.5 Å². The summed E-state index contributed by atoms with van der Waals surface area (Å²) in [6.45, 7) is 0.0354. The minimum atomic E-state index is -4.44. The highest BCUT2D eigenvalue weighted by atomic mass is 19.4. The van der Waals surface area contributed by atoms with Crippen LogP contribution in [0.3, 0.4) is 0 Å². The second-order valence-corrected chi connectivity index (χ2v) is 6.96. The molecule has 2 aromatic carbocycles. The standard InChI is InChI=1S/C21H18F3N3O3/c1-29-16-7-5-14(6-8-16)19-25-20(30-26-19)17-9-10-18(28)27(17)12-13-3-2-4-15(11-13)21(22,23)24/h2-8,11,17H,9-10,12H2,1H3. The number of nitrogens with zero attached hydrogens (tertiary/aromatic N) is 3. The van der Waals surface area contributed by atoms with E-state index in [1.807, 2.05) is 0 Å². The van der Waals surface area contributed by atoms with Crippen molar-refractivity contribution in [2.45, 2.75) is 31.6 Å². The molecule has 0 saturated carbocycles. The van der Waals surface area contributed by atoms with Gasteiger partial charge in [0.15, 0.2) is 0 Å². The van der Waals surface area contributed by atoms with Crippen LogP contribution in [-0.4, -0.2) is 28.1 Å². The smallest absolute Gasteiger partial charge is 0.416 e. The highest BCUT2D eigenvalue weighted by Gasteiger charge is 2.36. The summed E-state index contributed by atoms with van der Waals surface area (Å²) in [6.07, 6.45) is -3.71. The molecule has 1 aromatic heterocycles. The SMILES string of the molecule is COc1ccc(-c2noc(C3CCC(=O)N3Cc3cccc(C(F)(F)F)c3)n2)cc1. The first-order chi connectivity index (χ1) is 14.3. The van der Waals surface area contributed by atoms with Crippen molar-refractivity contribution in [3.8, 4) is 17.1 Å². The molecule has 1 amide bonds. The number of carbonyl (C=O) groups is 1. The lowest BCUT2D eigenvalue weighted by Gasteiger charge is -2.22. The van der Waals surface area contributed by atoms with Crippen LogP contribution in [0.5, 0.6) is 5.75 Å². The molecule has 1 atom stereocenters. The number of rotatable bonds is 5. The van der Waals surface area contributed by atoms with Gasteiger partial charge in [0, 0.05) is 18.5 Å².